The lowest BCUT2D eigenvalue weighted by Gasteiger charge is -2.27. The van der Waals surface area contributed by atoms with E-state index in [0.717, 1.165) is 41.5 Å². The summed E-state index contributed by atoms with van der Waals surface area (Å²) in [5.41, 5.74) is 4.78. The second-order valence-corrected chi connectivity index (χ2v) is 28.1. The number of nitrogen functional groups attached to an aromatic ring is 1. The summed E-state index contributed by atoms with van der Waals surface area (Å²) in [4.78, 5) is 34.5. The van der Waals surface area contributed by atoms with Crippen molar-refractivity contribution in [1.82, 2.24) is 0 Å². The van der Waals surface area contributed by atoms with Crippen LogP contribution in [0.4, 0.5) is 43.4 Å². The van der Waals surface area contributed by atoms with Crippen molar-refractivity contribution < 1.29 is 101 Å². The van der Waals surface area contributed by atoms with Gasteiger partial charge < -0.3 is 40.7 Å². The highest BCUT2D eigenvalue weighted by atomic mass is 35.7. The zero-order valence-corrected chi connectivity index (χ0v) is 58.3. The largest absolute Gasteiger partial charge is 0.478 e. The first-order valence-corrected chi connectivity index (χ1v) is 35.9. The number of hydrogen-bond donors (Lipinski definition) is 7. The van der Waals surface area contributed by atoms with Gasteiger partial charge in [0.25, 0.3) is 29.1 Å². The number of aryl methyl sites for hydroxylation is 2. The van der Waals surface area contributed by atoms with Crippen LogP contribution in [0.15, 0.2) is 227 Å². The number of hydrogen-bond acceptors (Lipinski definition) is 16. The number of rotatable bonds is 21. The Morgan fingerprint density at radius 3 is 1.20 bits per heavy atom. The smallest absolute Gasteiger partial charge is 0.338 e. The summed E-state index contributed by atoms with van der Waals surface area (Å²) in [6.07, 6.45) is 0. The van der Waals surface area contributed by atoms with Gasteiger partial charge >= 0.3 is 17.9 Å². The predicted octanol–water partition coefficient (Wildman–Crippen LogP) is 14.3. The van der Waals surface area contributed by atoms with E-state index in [9.17, 15) is 67.4 Å². The number of alkyl halides is 1. The molecule has 0 saturated carbocycles. The minimum atomic E-state index is -4.69. The van der Waals surface area contributed by atoms with Crippen molar-refractivity contribution in [3.05, 3.63) is 320 Å². The Morgan fingerprint density at radius 1 is 0.462 bits per heavy atom. The third-order valence-electron chi connectivity index (χ3n) is 14.4. The molecule has 0 bridgehead atoms. The van der Waals surface area contributed by atoms with Crippen LogP contribution >= 0.6 is 22.3 Å². The molecule has 0 spiro atoms. The molecule has 10 aromatic rings. The number of esters is 2. The first-order chi connectivity index (χ1) is 48.9. The number of nitrogens with two attached hydrogens (primary N) is 1. The van der Waals surface area contributed by atoms with E-state index in [2.05, 4.69) is 0 Å². The minimum Gasteiger partial charge on any atom is -0.478 e. The number of aliphatic hydroxyl groups is 4. The number of ether oxygens (including phenoxy) is 2. The molecule has 10 aromatic carbocycles. The number of carbonyl (C=O) groups excluding carboxylic acids is 2. The number of aromatic carboxylic acids is 1. The number of carboxylic acid groups (broad SMARTS) is 1. The molecule has 30 heteroatoms. The number of halogens is 8. The average molecular weight is 1540 g/mol. The first-order valence-electron chi connectivity index (χ1n) is 30.1. The summed E-state index contributed by atoms with van der Waals surface area (Å²) in [6.45, 7) is -0.494. The molecule has 0 aromatic heterocycles. The standard InChI is InChI=1S/C29H25F2NO6S.C15H13F2NO4S.C14H11ClO4S.C8H9F2NO2.C7H7Cl.CH4/c30-26-23(17-33)14-24(18-34)27(31)28(26)32(16-20-8-3-1-4-9-20)39(36,37)25-13-7-12-22(15-25)29(35)38-19-21-10-5-2-6-11-21;1-8-6-9(2)13(17)14(12(8)16)18-23(21,22)11-5-3-4-10(7-11)15(19)20;15-20(17,18)13-8-4-7-12(9-13)14(16)19-10-11-5-2-1-3-6-11;9-6-4(2-12)1-5(3-13)7(10)8(6)11;8-6-7-4-2-1-3-5-7;/h1-15,33-34H,16-19H2;3-7,18H,1-2H3,(H,19,20);1-9H,10H2;1,12-13H,2-3,11H2;1-5H,6H2;1H4. The third kappa shape index (κ3) is 23.2. The third-order valence-corrected chi connectivity index (χ3v) is 19.2. The number of carboxylic acids is 1. The Kier molecular flexibility index (Phi) is 32.1. The Balaban J connectivity index is 0.000000255. The number of nitrogens with one attached hydrogen (secondary N) is 1. The van der Waals surface area contributed by atoms with Crippen LogP contribution in [0.5, 0.6) is 0 Å². The van der Waals surface area contributed by atoms with Crippen molar-refractivity contribution in [3.63, 3.8) is 0 Å². The van der Waals surface area contributed by atoms with Gasteiger partial charge in [-0.25, -0.2) is 66.0 Å². The van der Waals surface area contributed by atoms with Crippen molar-refractivity contribution in [1.29, 1.82) is 0 Å². The zero-order chi connectivity index (χ0) is 75.8. The Bertz CT molecular complexity index is 4870. The maximum absolute atomic E-state index is 15.5. The molecular weight excluding hydrogens is 1470 g/mol. The second kappa shape index (κ2) is 39.5. The maximum Gasteiger partial charge on any atom is 0.338 e. The van der Waals surface area contributed by atoms with Gasteiger partial charge in [-0.2, -0.15) is 0 Å². The molecule has 0 radical (unpaired) electrons. The highest BCUT2D eigenvalue weighted by molar-refractivity contribution is 8.13. The van der Waals surface area contributed by atoms with Gasteiger partial charge in [0.05, 0.1) is 64.3 Å². The van der Waals surface area contributed by atoms with Gasteiger partial charge in [0.1, 0.15) is 30.3 Å². The molecule has 0 aliphatic rings. The molecule has 550 valence electrons. The van der Waals surface area contributed by atoms with Crippen LogP contribution in [0.3, 0.4) is 0 Å². The molecule has 0 unspecified atom stereocenters. The van der Waals surface area contributed by atoms with Crippen LogP contribution in [0.1, 0.15) is 94.1 Å². The molecule has 0 heterocycles. The molecule has 10 rings (SSSR count). The Morgan fingerprint density at radius 2 is 0.817 bits per heavy atom. The van der Waals surface area contributed by atoms with E-state index < -0.39 is 142 Å². The van der Waals surface area contributed by atoms with Crippen molar-refractivity contribution >= 4 is 86.4 Å². The molecule has 0 atom stereocenters. The highest BCUT2D eigenvalue weighted by Gasteiger charge is 2.34. The van der Waals surface area contributed by atoms with Crippen molar-refractivity contribution in [2.24, 2.45) is 0 Å². The molecular formula is C74H69Cl2F6N3O16S3. The summed E-state index contributed by atoms with van der Waals surface area (Å²) in [7, 11) is -7.66. The number of anilines is 3. The molecule has 0 saturated heterocycles. The van der Waals surface area contributed by atoms with Crippen LogP contribution in [0, 0.1) is 48.8 Å². The van der Waals surface area contributed by atoms with Gasteiger partial charge in [0.2, 0.25) is 0 Å². The topological polar surface area (TPSA) is 315 Å². The van der Waals surface area contributed by atoms with Crippen LogP contribution < -0.4 is 14.8 Å². The fourth-order valence-electron chi connectivity index (χ4n) is 9.12. The number of aliphatic hydroxyl groups excluding tert-OH is 4. The van der Waals surface area contributed by atoms with Gasteiger partial charge in [0, 0.05) is 38.8 Å². The first kappa shape index (κ1) is 84.5. The van der Waals surface area contributed by atoms with E-state index in [0.29, 0.717) is 15.7 Å². The summed E-state index contributed by atoms with van der Waals surface area (Å²) < 4.78 is 172. The Labute approximate surface area is 606 Å². The van der Waals surface area contributed by atoms with E-state index in [4.69, 9.17) is 52.8 Å². The lowest BCUT2D eigenvalue weighted by Crippen LogP contribution is -2.33. The van der Waals surface area contributed by atoms with E-state index in [1.807, 2.05) is 71.5 Å². The number of nitrogens with zero attached hydrogens (tertiary/aromatic N) is 1. The van der Waals surface area contributed by atoms with Gasteiger partial charge in [-0.05, 0) is 114 Å². The van der Waals surface area contributed by atoms with Crippen LogP contribution in [0.2, 0.25) is 0 Å². The fraction of sp³-hybridized carbons (Fsp3) is 0.149. The maximum atomic E-state index is 15.5. The SMILES string of the molecule is C.Cc1cc(C)c(F)c(NS(=O)(=O)c2cccc(C(=O)O)c2)c1F.ClCc1ccccc1.Nc1c(F)c(CO)cc(CO)c1F.O=C(OCc1ccccc1)c1cccc(S(=O)(=O)Cl)c1.O=C(OCc1ccccc1)c1cccc(S(=O)(=O)N(Cc2ccccc2)c2c(F)c(CO)cc(CO)c2F)c1. The normalized spacial score (nSPS) is 10.9. The number of carbonyl (C=O) groups is 3. The van der Waals surface area contributed by atoms with E-state index in [1.165, 1.54) is 80.1 Å². The zero-order valence-electron chi connectivity index (χ0n) is 54.4. The van der Waals surface area contributed by atoms with E-state index >= 15 is 8.78 Å². The summed E-state index contributed by atoms with van der Waals surface area (Å²) in [5, 5.41) is 45.4. The molecule has 0 amide bonds. The van der Waals surface area contributed by atoms with Crippen LogP contribution in [-0.4, -0.2) is 68.7 Å². The molecule has 104 heavy (non-hydrogen) atoms. The van der Waals surface area contributed by atoms with Crippen molar-refractivity contribution in [2.45, 2.75) is 88.0 Å². The highest BCUT2D eigenvalue weighted by Crippen LogP contribution is 2.36. The van der Waals surface area contributed by atoms with Crippen molar-refractivity contribution in [2.75, 3.05) is 14.8 Å². The molecule has 0 aliphatic carbocycles. The van der Waals surface area contributed by atoms with Gasteiger partial charge in [0.15, 0.2) is 34.9 Å². The fourth-order valence-corrected chi connectivity index (χ4v) is 12.7. The number of benzene rings is 10. The quantitative estimate of drug-likeness (QED) is 0.0116. The summed E-state index contributed by atoms with van der Waals surface area (Å²) in [6, 6.07) is 54.3. The number of sulfonamides is 2. The Hall–Kier alpha value is -10.1. The average Bonchev–Trinajstić information content (AvgIpc) is 0.742. The molecule has 0 aliphatic heterocycles. The lowest BCUT2D eigenvalue weighted by atomic mass is 10.1. The second-order valence-electron chi connectivity index (χ2n) is 21.7. The lowest BCUT2D eigenvalue weighted by molar-refractivity contribution is 0.0463. The molecule has 8 N–H and O–H groups in total. The van der Waals surface area contributed by atoms with Crippen LogP contribution in [0.25, 0.3) is 0 Å². The van der Waals surface area contributed by atoms with Gasteiger partial charge in [-0.15, -0.1) is 11.6 Å². The predicted molar refractivity (Wildman–Crippen MR) is 380 cm³/mol. The monoisotopic (exact) mass is 1540 g/mol. The molecule has 0 fully saturated rings. The molecule has 19 nitrogen and oxygen atoms in total. The minimum absolute atomic E-state index is 0. The van der Waals surface area contributed by atoms with Gasteiger partial charge in [-0.1, -0.05) is 153 Å². The summed E-state index contributed by atoms with van der Waals surface area (Å²) in [5.74, 6) is -8.66. The van der Waals surface area contributed by atoms with E-state index in [-0.39, 0.29) is 75.6 Å². The summed E-state index contributed by atoms with van der Waals surface area (Å²) >= 11 is 5.53. The van der Waals surface area contributed by atoms with Gasteiger partial charge in [-0.3, -0.25) is 9.03 Å². The van der Waals surface area contributed by atoms with E-state index in [1.54, 1.807) is 54.6 Å². The van der Waals surface area contributed by atoms with Crippen molar-refractivity contribution in [3.8, 4) is 0 Å². The van der Waals surface area contributed by atoms with Crippen LogP contribution in [-0.2, 0) is 90.6 Å².